The summed E-state index contributed by atoms with van der Waals surface area (Å²) in [5, 5.41) is 15.3. The Morgan fingerprint density at radius 1 is 1.64 bits per heavy atom. The topological polar surface area (TPSA) is 95.6 Å². The Morgan fingerprint density at radius 2 is 1.73 bits per heavy atom. The Hall–Kier alpha value is -0.650. The number of hydrogen-bond donors (Lipinski definition) is 4. The van der Waals surface area contributed by atoms with E-state index in [1.807, 2.05) is 6.92 Å². The largest absolute Gasteiger partial charge is 0.481 e. The summed E-state index contributed by atoms with van der Waals surface area (Å²) in [6.45, 7) is 3.33. The van der Waals surface area contributed by atoms with Gasteiger partial charge in [-0.25, -0.2) is 0 Å². The molecule has 0 heterocycles. The van der Waals surface area contributed by atoms with E-state index in [-0.39, 0.29) is 0 Å². The molecule has 0 amide bonds. The van der Waals surface area contributed by atoms with E-state index in [0.29, 0.717) is 6.61 Å². The first-order valence-corrected chi connectivity index (χ1v) is 3.24. The van der Waals surface area contributed by atoms with Gasteiger partial charge in [0.1, 0.15) is 0 Å². The third-order valence-electron chi connectivity index (χ3n) is 0.224. The lowest BCUT2D eigenvalue weighted by molar-refractivity contribution is -0.134. The fourth-order valence-corrected chi connectivity index (χ4v) is 0. The SMILES string of the molecule is CC(=O)O.CCCO.CNN. The molecule has 0 unspecified atom stereocenters. The van der Waals surface area contributed by atoms with Crippen LogP contribution in [-0.2, 0) is 4.79 Å². The molecule has 11 heavy (non-hydrogen) atoms. The third-order valence-corrected chi connectivity index (χ3v) is 0.224. The van der Waals surface area contributed by atoms with Crippen LogP contribution in [0.1, 0.15) is 20.3 Å². The molecule has 5 heteroatoms. The van der Waals surface area contributed by atoms with Crippen LogP contribution in [0.4, 0.5) is 0 Å². The Kier molecular flexibility index (Phi) is 34.7. The fourth-order valence-electron chi connectivity index (χ4n) is 0. The average Bonchev–Trinajstić information content (AvgIpc) is 1.88. The van der Waals surface area contributed by atoms with Gasteiger partial charge in [0.2, 0.25) is 0 Å². The molecule has 0 bridgehead atoms. The molecule has 0 rings (SSSR count). The number of carboxylic acid groups (broad SMARTS) is 1. The van der Waals surface area contributed by atoms with Crippen LogP contribution < -0.4 is 11.3 Å². The van der Waals surface area contributed by atoms with Crippen LogP contribution in [0.3, 0.4) is 0 Å². The summed E-state index contributed by atoms with van der Waals surface area (Å²) in [6, 6.07) is 0. The molecular weight excluding hydrogens is 148 g/mol. The van der Waals surface area contributed by atoms with Crippen molar-refractivity contribution in [3.8, 4) is 0 Å². The van der Waals surface area contributed by atoms with Gasteiger partial charge in [-0.3, -0.25) is 16.1 Å². The van der Waals surface area contributed by atoms with E-state index in [2.05, 4.69) is 11.3 Å². The molecule has 5 N–H and O–H groups in total. The number of nitrogens with one attached hydrogen (secondary N) is 1. The van der Waals surface area contributed by atoms with Crippen molar-refractivity contribution in [2.45, 2.75) is 20.3 Å². The summed E-state index contributed by atoms with van der Waals surface area (Å²) in [5.74, 6) is 3.76. The van der Waals surface area contributed by atoms with Crippen molar-refractivity contribution >= 4 is 5.97 Å². The van der Waals surface area contributed by atoms with E-state index in [4.69, 9.17) is 15.0 Å². The molecule has 0 radical (unpaired) electrons. The van der Waals surface area contributed by atoms with Crippen LogP contribution in [0.25, 0.3) is 0 Å². The Bertz CT molecular complexity index is 62.8. The van der Waals surface area contributed by atoms with Gasteiger partial charge in [-0.1, -0.05) is 6.92 Å². The zero-order valence-corrected chi connectivity index (χ0v) is 7.29. The highest BCUT2D eigenvalue weighted by Crippen LogP contribution is 1.61. The fraction of sp³-hybridized carbons (Fsp3) is 0.833. The summed E-state index contributed by atoms with van der Waals surface area (Å²) in [7, 11) is 1.65. The second-order valence-corrected chi connectivity index (χ2v) is 1.53. The zero-order chi connectivity index (χ0) is 9.70. The Balaban J connectivity index is -0.0000000886. The lowest BCUT2D eigenvalue weighted by atomic mass is 10.5. The minimum absolute atomic E-state index is 0.319. The third kappa shape index (κ3) is 4120. The standard InChI is InChI=1S/C3H8O.C2H4O2.CH6N2/c1-2-3-4;1-2(3)4;1-3-2/h4H,2-3H2,1H3;1H3,(H,3,4);3H,2H2,1H3. The molecule has 5 nitrogen and oxygen atoms in total. The summed E-state index contributed by atoms with van der Waals surface area (Å²) in [4.78, 5) is 9.00. The second-order valence-electron chi connectivity index (χ2n) is 1.53. The predicted molar refractivity (Wildman–Crippen MR) is 43.9 cm³/mol. The second kappa shape index (κ2) is 22.8. The van der Waals surface area contributed by atoms with Crippen LogP contribution in [0.5, 0.6) is 0 Å². The van der Waals surface area contributed by atoms with Gasteiger partial charge in [0.05, 0.1) is 0 Å². The molecule has 0 saturated carbocycles. The van der Waals surface area contributed by atoms with Gasteiger partial charge in [0.25, 0.3) is 5.97 Å². The Labute approximate surface area is 67.2 Å². The van der Waals surface area contributed by atoms with Crippen LogP contribution in [-0.4, -0.2) is 29.8 Å². The minimum Gasteiger partial charge on any atom is -0.481 e. The van der Waals surface area contributed by atoms with E-state index in [9.17, 15) is 0 Å². The van der Waals surface area contributed by atoms with Crippen LogP contribution in [0.15, 0.2) is 0 Å². The van der Waals surface area contributed by atoms with E-state index >= 15 is 0 Å². The maximum Gasteiger partial charge on any atom is 0.300 e. The summed E-state index contributed by atoms with van der Waals surface area (Å²) in [6.07, 6.45) is 0.875. The lowest BCUT2D eigenvalue weighted by Crippen LogP contribution is -2.13. The summed E-state index contributed by atoms with van der Waals surface area (Å²) in [5.41, 5.74) is 2.25. The molecule has 0 fully saturated rings. The quantitative estimate of drug-likeness (QED) is 0.313. The monoisotopic (exact) mass is 166 g/mol. The molecule has 0 saturated heterocycles. The van der Waals surface area contributed by atoms with Gasteiger partial charge in [-0.15, -0.1) is 0 Å². The van der Waals surface area contributed by atoms with Crippen molar-refractivity contribution in [1.29, 1.82) is 0 Å². The van der Waals surface area contributed by atoms with Gasteiger partial charge >= 0.3 is 0 Å². The first-order chi connectivity index (χ1) is 5.06. The number of rotatable bonds is 1. The molecule has 0 aliphatic carbocycles. The van der Waals surface area contributed by atoms with E-state index in [1.54, 1.807) is 7.05 Å². The van der Waals surface area contributed by atoms with Crippen LogP contribution >= 0.6 is 0 Å². The van der Waals surface area contributed by atoms with Crippen molar-refractivity contribution in [3.05, 3.63) is 0 Å². The molecule has 0 aromatic heterocycles. The van der Waals surface area contributed by atoms with Gasteiger partial charge in [-0.05, 0) is 13.5 Å². The lowest BCUT2D eigenvalue weighted by Gasteiger charge is -1.69. The van der Waals surface area contributed by atoms with Gasteiger partial charge < -0.3 is 10.2 Å². The van der Waals surface area contributed by atoms with Gasteiger partial charge in [0, 0.05) is 13.5 Å². The molecule has 0 aliphatic rings. The van der Waals surface area contributed by atoms with E-state index in [1.165, 1.54) is 0 Å². The van der Waals surface area contributed by atoms with Crippen molar-refractivity contribution < 1.29 is 15.0 Å². The number of hydrogen-bond acceptors (Lipinski definition) is 4. The summed E-state index contributed by atoms with van der Waals surface area (Å²) >= 11 is 0. The van der Waals surface area contributed by atoms with Crippen LogP contribution in [0, 0.1) is 0 Å². The number of aliphatic hydroxyl groups is 1. The maximum absolute atomic E-state index is 9.00. The normalized spacial score (nSPS) is 6.64. The maximum atomic E-state index is 9.00. The number of hydrazine groups is 1. The highest BCUT2D eigenvalue weighted by molar-refractivity contribution is 5.62. The minimum atomic E-state index is -0.833. The van der Waals surface area contributed by atoms with E-state index in [0.717, 1.165) is 13.3 Å². The average molecular weight is 166 g/mol. The predicted octanol–water partition coefficient (Wildman–Crippen LogP) is -0.441. The number of carbonyl (C=O) groups is 1. The zero-order valence-electron chi connectivity index (χ0n) is 7.29. The molecule has 0 spiro atoms. The number of aliphatic hydroxyl groups excluding tert-OH is 1. The summed E-state index contributed by atoms with van der Waals surface area (Å²) < 4.78 is 0. The highest BCUT2D eigenvalue weighted by atomic mass is 16.4. The molecule has 0 aliphatic heterocycles. The molecule has 0 aromatic rings. The van der Waals surface area contributed by atoms with Crippen molar-refractivity contribution in [3.63, 3.8) is 0 Å². The Morgan fingerprint density at radius 3 is 1.73 bits per heavy atom. The van der Waals surface area contributed by atoms with E-state index < -0.39 is 5.97 Å². The first kappa shape index (κ1) is 16.7. The molecular formula is C6H18N2O3. The van der Waals surface area contributed by atoms with Crippen molar-refractivity contribution in [2.75, 3.05) is 13.7 Å². The first-order valence-electron chi connectivity index (χ1n) is 3.24. The van der Waals surface area contributed by atoms with Crippen molar-refractivity contribution in [2.24, 2.45) is 5.84 Å². The number of carboxylic acids is 1. The van der Waals surface area contributed by atoms with Gasteiger partial charge in [0.15, 0.2) is 0 Å². The van der Waals surface area contributed by atoms with Crippen LogP contribution in [0.2, 0.25) is 0 Å². The smallest absolute Gasteiger partial charge is 0.300 e. The molecule has 0 atom stereocenters. The van der Waals surface area contributed by atoms with Gasteiger partial charge in [-0.2, -0.15) is 0 Å². The number of aliphatic carboxylic acids is 1. The molecule has 0 aromatic carbocycles. The number of nitrogens with two attached hydrogens (primary N) is 1. The molecule has 70 valence electrons. The van der Waals surface area contributed by atoms with Crippen molar-refractivity contribution in [1.82, 2.24) is 5.43 Å². The highest BCUT2D eigenvalue weighted by Gasteiger charge is 1.65.